The molecule has 22 heavy (non-hydrogen) atoms. The number of nitrogens with one attached hydrogen (secondary N) is 1. The van der Waals surface area contributed by atoms with Crippen LogP contribution in [0.3, 0.4) is 0 Å². The Bertz CT molecular complexity index is 504. The normalized spacial score (nSPS) is 19.5. The summed E-state index contributed by atoms with van der Waals surface area (Å²) in [6, 6.07) is 9.61. The molecule has 1 saturated heterocycles. The Morgan fingerprint density at radius 1 is 1.36 bits per heavy atom. The first-order chi connectivity index (χ1) is 10.6. The van der Waals surface area contributed by atoms with Gasteiger partial charge in [-0.25, -0.2) is 4.79 Å². The summed E-state index contributed by atoms with van der Waals surface area (Å²) in [5.74, 6) is -0.141. The summed E-state index contributed by atoms with van der Waals surface area (Å²) in [4.78, 5) is 25.4. The molecule has 1 aliphatic rings. The largest absolute Gasteiger partial charge is 0.351 e. The van der Waals surface area contributed by atoms with E-state index in [0.29, 0.717) is 13.1 Å². The minimum absolute atomic E-state index is 0.0215. The second-order valence-corrected chi connectivity index (χ2v) is 5.88. The monoisotopic (exact) mass is 303 g/mol. The summed E-state index contributed by atoms with van der Waals surface area (Å²) in [5, 5.41) is 3.15. The lowest BCUT2D eigenvalue weighted by atomic mass is 9.95. The molecule has 1 aromatic carbocycles. The molecule has 1 fully saturated rings. The Morgan fingerprint density at radius 2 is 2.09 bits per heavy atom. The van der Waals surface area contributed by atoms with Gasteiger partial charge in [-0.2, -0.15) is 0 Å². The Balaban J connectivity index is 2.00. The van der Waals surface area contributed by atoms with Gasteiger partial charge in [-0.1, -0.05) is 43.7 Å². The molecule has 0 saturated carbocycles. The number of benzene rings is 1. The predicted octanol–water partition coefficient (Wildman–Crippen LogP) is 2.43. The number of primary amides is 1. The van der Waals surface area contributed by atoms with Crippen molar-refractivity contribution in [3.63, 3.8) is 0 Å². The molecule has 0 aromatic heterocycles. The molecule has 1 aromatic rings. The van der Waals surface area contributed by atoms with Crippen LogP contribution in [0.15, 0.2) is 30.3 Å². The van der Waals surface area contributed by atoms with Gasteiger partial charge in [-0.15, -0.1) is 0 Å². The topological polar surface area (TPSA) is 75.4 Å². The molecular weight excluding hydrogens is 278 g/mol. The summed E-state index contributed by atoms with van der Waals surface area (Å²) in [7, 11) is 0. The molecule has 0 bridgehead atoms. The lowest BCUT2D eigenvalue weighted by Gasteiger charge is -2.31. The van der Waals surface area contributed by atoms with Crippen molar-refractivity contribution < 1.29 is 9.59 Å². The summed E-state index contributed by atoms with van der Waals surface area (Å²) in [5.41, 5.74) is 6.45. The van der Waals surface area contributed by atoms with Gasteiger partial charge in [0.15, 0.2) is 0 Å². The molecule has 5 nitrogen and oxygen atoms in total. The van der Waals surface area contributed by atoms with Gasteiger partial charge in [0, 0.05) is 13.1 Å². The van der Waals surface area contributed by atoms with Gasteiger partial charge >= 0.3 is 6.03 Å². The van der Waals surface area contributed by atoms with Crippen LogP contribution < -0.4 is 11.1 Å². The molecule has 5 heteroatoms. The zero-order valence-electron chi connectivity index (χ0n) is 13.1. The van der Waals surface area contributed by atoms with Gasteiger partial charge in [0.25, 0.3) is 0 Å². The number of nitrogens with two attached hydrogens (primary N) is 1. The van der Waals surface area contributed by atoms with Crippen LogP contribution in [0, 0.1) is 5.92 Å². The van der Waals surface area contributed by atoms with Crippen LogP contribution in [0.2, 0.25) is 0 Å². The molecule has 120 valence electrons. The maximum atomic E-state index is 12.5. The van der Waals surface area contributed by atoms with Crippen LogP contribution in [-0.2, 0) is 4.79 Å². The highest BCUT2D eigenvalue weighted by molar-refractivity contribution is 5.80. The quantitative estimate of drug-likeness (QED) is 0.876. The van der Waals surface area contributed by atoms with E-state index < -0.39 is 6.03 Å². The van der Waals surface area contributed by atoms with Gasteiger partial charge in [-0.3, -0.25) is 4.79 Å². The van der Waals surface area contributed by atoms with Crippen LogP contribution >= 0.6 is 0 Å². The van der Waals surface area contributed by atoms with E-state index in [-0.39, 0.29) is 17.9 Å². The summed E-state index contributed by atoms with van der Waals surface area (Å²) >= 11 is 0. The SMILES string of the molecule is CCC[C@@H](NC(=O)[C@@H]1CCCN(C(N)=O)C1)c1ccccc1. The fourth-order valence-corrected chi connectivity index (χ4v) is 2.98. The number of hydrogen-bond donors (Lipinski definition) is 2. The molecule has 1 aliphatic heterocycles. The summed E-state index contributed by atoms with van der Waals surface area (Å²) < 4.78 is 0. The number of piperidine rings is 1. The highest BCUT2D eigenvalue weighted by Crippen LogP contribution is 2.21. The highest BCUT2D eigenvalue weighted by atomic mass is 16.2. The first-order valence-electron chi connectivity index (χ1n) is 8.01. The number of urea groups is 1. The first kappa shape index (κ1) is 16.3. The van der Waals surface area contributed by atoms with Crippen molar-refractivity contribution in [2.24, 2.45) is 11.7 Å². The molecule has 0 radical (unpaired) electrons. The van der Waals surface area contributed by atoms with Gasteiger partial charge in [0.05, 0.1) is 12.0 Å². The summed E-state index contributed by atoms with van der Waals surface area (Å²) in [6.07, 6.45) is 3.54. The van der Waals surface area contributed by atoms with Crippen LogP contribution in [0.4, 0.5) is 4.79 Å². The number of nitrogens with zero attached hydrogens (tertiary/aromatic N) is 1. The number of carbonyl (C=O) groups is 2. The number of amides is 3. The van der Waals surface area contributed by atoms with Crippen molar-refractivity contribution in [3.05, 3.63) is 35.9 Å². The minimum atomic E-state index is -0.439. The standard InChI is InChI=1S/C17H25N3O2/c1-2-7-15(13-8-4-3-5-9-13)19-16(21)14-10-6-11-20(12-14)17(18)22/h3-5,8-9,14-15H,2,6-7,10-12H2,1H3,(H2,18,22)(H,19,21)/t14-,15-/m1/s1. The smallest absolute Gasteiger partial charge is 0.314 e. The Hall–Kier alpha value is -2.04. The Morgan fingerprint density at radius 3 is 2.73 bits per heavy atom. The van der Waals surface area contributed by atoms with E-state index >= 15 is 0 Å². The highest BCUT2D eigenvalue weighted by Gasteiger charge is 2.28. The number of hydrogen-bond acceptors (Lipinski definition) is 2. The fourth-order valence-electron chi connectivity index (χ4n) is 2.98. The maximum Gasteiger partial charge on any atom is 0.314 e. The molecule has 1 heterocycles. The third-order valence-electron chi connectivity index (χ3n) is 4.20. The Labute approximate surface area is 131 Å². The van der Waals surface area contributed by atoms with Crippen LogP contribution in [0.1, 0.15) is 44.2 Å². The third-order valence-corrected chi connectivity index (χ3v) is 4.20. The van der Waals surface area contributed by atoms with E-state index in [1.54, 1.807) is 4.90 Å². The zero-order valence-corrected chi connectivity index (χ0v) is 13.1. The molecule has 3 amide bonds. The van der Waals surface area contributed by atoms with Gasteiger partial charge in [0.2, 0.25) is 5.91 Å². The molecule has 0 spiro atoms. The summed E-state index contributed by atoms with van der Waals surface area (Å²) in [6.45, 7) is 3.18. The van der Waals surface area contributed by atoms with Crippen molar-refractivity contribution in [3.8, 4) is 0 Å². The van der Waals surface area contributed by atoms with E-state index in [1.165, 1.54) is 0 Å². The average molecular weight is 303 g/mol. The van der Waals surface area contributed by atoms with Crippen LogP contribution in [-0.4, -0.2) is 29.9 Å². The maximum absolute atomic E-state index is 12.5. The second-order valence-electron chi connectivity index (χ2n) is 5.88. The molecular formula is C17H25N3O2. The number of likely N-dealkylation sites (tertiary alicyclic amines) is 1. The van der Waals surface area contributed by atoms with E-state index in [0.717, 1.165) is 31.2 Å². The average Bonchev–Trinajstić information content (AvgIpc) is 2.55. The second kappa shape index (κ2) is 7.82. The van der Waals surface area contributed by atoms with E-state index in [4.69, 9.17) is 5.73 Å². The molecule has 0 aliphatic carbocycles. The van der Waals surface area contributed by atoms with Gasteiger partial charge in [-0.05, 0) is 24.8 Å². The number of rotatable bonds is 5. The van der Waals surface area contributed by atoms with Gasteiger partial charge < -0.3 is 16.0 Å². The van der Waals surface area contributed by atoms with Crippen molar-refractivity contribution in [1.82, 2.24) is 10.2 Å². The number of carbonyl (C=O) groups excluding carboxylic acids is 2. The minimum Gasteiger partial charge on any atom is -0.351 e. The van der Waals surface area contributed by atoms with Crippen LogP contribution in [0.25, 0.3) is 0 Å². The van der Waals surface area contributed by atoms with Crippen molar-refractivity contribution >= 4 is 11.9 Å². The van der Waals surface area contributed by atoms with E-state index in [9.17, 15) is 9.59 Å². The van der Waals surface area contributed by atoms with Crippen molar-refractivity contribution in [2.45, 2.75) is 38.6 Å². The molecule has 2 atom stereocenters. The zero-order chi connectivity index (χ0) is 15.9. The van der Waals surface area contributed by atoms with Crippen molar-refractivity contribution in [2.75, 3.05) is 13.1 Å². The lowest BCUT2D eigenvalue weighted by molar-refractivity contribution is -0.127. The third kappa shape index (κ3) is 4.23. The molecule has 2 rings (SSSR count). The predicted molar refractivity (Wildman–Crippen MR) is 86.1 cm³/mol. The van der Waals surface area contributed by atoms with E-state index in [1.807, 2.05) is 30.3 Å². The first-order valence-corrected chi connectivity index (χ1v) is 8.01. The Kier molecular flexibility index (Phi) is 5.81. The fraction of sp³-hybridized carbons (Fsp3) is 0.529. The van der Waals surface area contributed by atoms with E-state index in [2.05, 4.69) is 12.2 Å². The van der Waals surface area contributed by atoms with Crippen LogP contribution in [0.5, 0.6) is 0 Å². The molecule has 3 N–H and O–H groups in total. The molecule has 0 unspecified atom stereocenters. The lowest BCUT2D eigenvalue weighted by Crippen LogP contribution is -2.47. The van der Waals surface area contributed by atoms with Gasteiger partial charge in [0.1, 0.15) is 0 Å². The van der Waals surface area contributed by atoms with Crippen molar-refractivity contribution in [1.29, 1.82) is 0 Å².